The van der Waals surface area contributed by atoms with Crippen LogP contribution in [0.15, 0.2) is 36.9 Å². The lowest BCUT2D eigenvalue weighted by atomic mass is 9.93. The molecule has 5 heterocycles. The Hall–Kier alpha value is -3.24. The van der Waals surface area contributed by atoms with Crippen LogP contribution in [0, 0.1) is 6.92 Å². The number of ether oxygens (including phenoxy) is 1. The predicted molar refractivity (Wildman–Crippen MR) is 132 cm³/mol. The van der Waals surface area contributed by atoms with Crippen LogP contribution in [0.1, 0.15) is 53.8 Å². The van der Waals surface area contributed by atoms with Gasteiger partial charge in [-0.2, -0.15) is 5.10 Å². The van der Waals surface area contributed by atoms with Gasteiger partial charge in [-0.25, -0.2) is 9.97 Å². The molecule has 9 nitrogen and oxygen atoms in total. The Morgan fingerprint density at radius 1 is 1.29 bits per heavy atom. The van der Waals surface area contributed by atoms with Gasteiger partial charge < -0.3 is 15.0 Å². The SMILES string of the molecule is COC1(C)CCN(c2cc(C(=O)NC(C)c3ncn[nH]3)cn3c(-c4ccc(C)s4)cnc23)CC1. The number of aryl methyl sites for hydroxylation is 1. The molecule has 4 aromatic rings. The number of methoxy groups -OCH3 is 1. The average Bonchev–Trinajstić information content (AvgIpc) is 3.59. The van der Waals surface area contributed by atoms with Gasteiger partial charge >= 0.3 is 0 Å². The van der Waals surface area contributed by atoms with Gasteiger partial charge in [0.05, 0.1) is 39.7 Å². The number of hydrogen-bond acceptors (Lipinski definition) is 7. The van der Waals surface area contributed by atoms with E-state index in [0.717, 1.165) is 47.8 Å². The smallest absolute Gasteiger partial charge is 0.253 e. The Morgan fingerprint density at radius 2 is 2.09 bits per heavy atom. The normalized spacial score (nSPS) is 16.6. The number of piperidine rings is 1. The maximum Gasteiger partial charge on any atom is 0.253 e. The third-order valence-corrected chi connectivity index (χ3v) is 7.71. The molecule has 0 bridgehead atoms. The van der Waals surface area contributed by atoms with E-state index in [4.69, 9.17) is 9.72 Å². The van der Waals surface area contributed by atoms with Crippen molar-refractivity contribution in [2.75, 3.05) is 25.1 Å². The van der Waals surface area contributed by atoms with Crippen LogP contribution in [-0.4, -0.2) is 56.3 Å². The van der Waals surface area contributed by atoms with Crippen LogP contribution in [0.25, 0.3) is 16.2 Å². The van der Waals surface area contributed by atoms with E-state index < -0.39 is 0 Å². The van der Waals surface area contributed by atoms with Gasteiger partial charge in [-0.1, -0.05) is 0 Å². The highest BCUT2D eigenvalue weighted by Gasteiger charge is 2.31. The number of nitrogens with one attached hydrogen (secondary N) is 2. The first-order valence-corrected chi connectivity index (χ1v) is 12.2. The molecule has 0 aromatic carbocycles. The Labute approximate surface area is 202 Å². The van der Waals surface area contributed by atoms with Crippen molar-refractivity contribution in [3.8, 4) is 10.6 Å². The second-order valence-corrected chi connectivity index (χ2v) is 10.4. The van der Waals surface area contributed by atoms with E-state index in [0.29, 0.717) is 11.4 Å². The number of anilines is 1. The number of imidazole rings is 1. The predicted octanol–water partition coefficient (Wildman–Crippen LogP) is 3.99. The molecule has 1 amide bonds. The molecule has 4 aromatic heterocycles. The van der Waals surface area contributed by atoms with E-state index in [-0.39, 0.29) is 17.6 Å². The quantitative estimate of drug-likeness (QED) is 0.434. The lowest BCUT2D eigenvalue weighted by molar-refractivity contribution is -0.0132. The van der Waals surface area contributed by atoms with Gasteiger partial charge in [0.25, 0.3) is 5.91 Å². The molecule has 1 aliphatic rings. The van der Waals surface area contributed by atoms with Crippen LogP contribution in [0.4, 0.5) is 5.69 Å². The Balaban J connectivity index is 1.54. The molecule has 34 heavy (non-hydrogen) atoms. The van der Waals surface area contributed by atoms with Gasteiger partial charge in [0.2, 0.25) is 0 Å². The average molecular weight is 480 g/mol. The Kier molecular flexibility index (Phi) is 5.86. The lowest BCUT2D eigenvalue weighted by Gasteiger charge is -2.39. The van der Waals surface area contributed by atoms with E-state index in [1.807, 2.05) is 29.8 Å². The van der Waals surface area contributed by atoms with Crippen molar-refractivity contribution < 1.29 is 9.53 Å². The fraction of sp³-hybridized carbons (Fsp3) is 0.417. The first-order chi connectivity index (χ1) is 16.4. The summed E-state index contributed by atoms with van der Waals surface area (Å²) >= 11 is 1.72. The van der Waals surface area contributed by atoms with E-state index in [2.05, 4.69) is 51.4 Å². The van der Waals surface area contributed by atoms with E-state index in [1.165, 1.54) is 11.2 Å². The van der Waals surface area contributed by atoms with Gasteiger partial charge in [0.15, 0.2) is 5.65 Å². The molecule has 1 aliphatic heterocycles. The van der Waals surface area contributed by atoms with Gasteiger partial charge in [0, 0.05) is 31.3 Å². The second-order valence-electron chi connectivity index (χ2n) is 9.07. The monoisotopic (exact) mass is 479 g/mol. The van der Waals surface area contributed by atoms with Gasteiger partial charge in [-0.05, 0) is 51.8 Å². The summed E-state index contributed by atoms with van der Waals surface area (Å²) in [4.78, 5) is 26.9. The number of rotatable bonds is 6. The topological polar surface area (TPSA) is 100 Å². The molecule has 1 fully saturated rings. The zero-order valence-electron chi connectivity index (χ0n) is 19.8. The van der Waals surface area contributed by atoms with E-state index >= 15 is 0 Å². The van der Waals surface area contributed by atoms with Gasteiger partial charge in [-0.3, -0.25) is 14.3 Å². The first kappa shape index (κ1) is 22.5. The maximum atomic E-state index is 13.3. The highest BCUT2D eigenvalue weighted by Crippen LogP contribution is 2.34. The number of hydrogen-bond donors (Lipinski definition) is 2. The number of aromatic nitrogens is 5. The largest absolute Gasteiger partial charge is 0.378 e. The molecule has 1 atom stereocenters. The summed E-state index contributed by atoms with van der Waals surface area (Å²) in [5.74, 6) is 0.440. The van der Waals surface area contributed by atoms with Gasteiger partial charge in [-0.15, -0.1) is 11.3 Å². The van der Waals surface area contributed by atoms with Crippen molar-refractivity contribution in [2.45, 2.75) is 45.3 Å². The third-order valence-electron chi connectivity index (χ3n) is 6.69. The number of aromatic amines is 1. The summed E-state index contributed by atoms with van der Waals surface area (Å²) in [6.45, 7) is 7.79. The van der Waals surface area contributed by atoms with Crippen molar-refractivity contribution in [1.29, 1.82) is 0 Å². The van der Waals surface area contributed by atoms with Crippen molar-refractivity contribution in [2.24, 2.45) is 0 Å². The number of thiophene rings is 1. The summed E-state index contributed by atoms with van der Waals surface area (Å²) < 4.78 is 7.77. The number of carbonyl (C=O) groups is 1. The number of nitrogens with zero attached hydrogens (tertiary/aromatic N) is 5. The van der Waals surface area contributed by atoms with Crippen molar-refractivity contribution in [1.82, 2.24) is 29.9 Å². The molecule has 0 aliphatic carbocycles. The van der Waals surface area contributed by atoms with Crippen LogP contribution in [0.3, 0.4) is 0 Å². The van der Waals surface area contributed by atoms with Crippen molar-refractivity contribution in [3.63, 3.8) is 0 Å². The summed E-state index contributed by atoms with van der Waals surface area (Å²) in [6.07, 6.45) is 7.03. The first-order valence-electron chi connectivity index (χ1n) is 11.4. The van der Waals surface area contributed by atoms with Crippen molar-refractivity contribution >= 4 is 28.6 Å². The Bertz CT molecular complexity index is 1300. The second kappa shape index (κ2) is 8.84. The minimum atomic E-state index is -0.297. The zero-order chi connectivity index (χ0) is 23.9. The minimum absolute atomic E-state index is 0.122. The molecule has 5 rings (SSSR count). The maximum absolute atomic E-state index is 13.3. The summed E-state index contributed by atoms with van der Waals surface area (Å²) in [7, 11) is 1.78. The van der Waals surface area contributed by atoms with Crippen LogP contribution in [-0.2, 0) is 4.74 Å². The molecule has 0 radical (unpaired) electrons. The standard InChI is InChI=1S/C24H29N7O2S/c1-15-5-6-20(34-15)19-12-25-22-18(30-9-7-24(3,33-4)8-10-30)11-17(13-31(19)22)23(32)28-16(2)21-26-14-27-29-21/h5-6,11-14,16H,7-10H2,1-4H3,(H,28,32)(H,26,27,29). The molecular weight excluding hydrogens is 450 g/mol. The Morgan fingerprint density at radius 3 is 2.74 bits per heavy atom. The molecule has 2 N–H and O–H groups in total. The van der Waals surface area contributed by atoms with Crippen LogP contribution in [0.2, 0.25) is 0 Å². The van der Waals surface area contributed by atoms with Crippen LogP contribution in [0.5, 0.6) is 0 Å². The fourth-order valence-electron chi connectivity index (χ4n) is 4.38. The molecular formula is C24H29N7O2S. The summed E-state index contributed by atoms with van der Waals surface area (Å²) in [5.41, 5.74) is 3.23. The highest BCUT2D eigenvalue weighted by molar-refractivity contribution is 7.15. The van der Waals surface area contributed by atoms with Crippen LogP contribution >= 0.6 is 11.3 Å². The molecule has 10 heteroatoms. The molecule has 178 valence electrons. The molecule has 1 unspecified atom stereocenters. The minimum Gasteiger partial charge on any atom is -0.378 e. The molecule has 0 saturated carbocycles. The summed E-state index contributed by atoms with van der Waals surface area (Å²) in [5, 5.41) is 9.73. The molecule has 0 spiro atoms. The number of pyridine rings is 1. The van der Waals surface area contributed by atoms with Crippen LogP contribution < -0.4 is 10.2 Å². The van der Waals surface area contributed by atoms with Gasteiger partial charge in [0.1, 0.15) is 12.2 Å². The molecule has 1 saturated heterocycles. The third kappa shape index (κ3) is 4.19. The van der Waals surface area contributed by atoms with E-state index in [1.54, 1.807) is 18.4 Å². The lowest BCUT2D eigenvalue weighted by Crippen LogP contribution is -2.44. The number of H-pyrrole nitrogens is 1. The number of carbonyl (C=O) groups excluding carboxylic acids is 1. The fourth-order valence-corrected chi connectivity index (χ4v) is 5.25. The van der Waals surface area contributed by atoms with Crippen molar-refractivity contribution in [3.05, 3.63) is 53.2 Å². The van der Waals surface area contributed by atoms with E-state index in [9.17, 15) is 4.79 Å². The number of fused-ring (bicyclic) bond motifs is 1. The zero-order valence-corrected chi connectivity index (χ0v) is 20.6. The summed E-state index contributed by atoms with van der Waals surface area (Å²) in [6, 6.07) is 5.86. The highest BCUT2D eigenvalue weighted by atomic mass is 32.1. The number of amides is 1.